The number of hydrogen-bond donors (Lipinski definition) is 1. The summed E-state index contributed by atoms with van der Waals surface area (Å²) in [6, 6.07) is 13.5. The molecule has 9 heteroatoms. The van der Waals surface area contributed by atoms with E-state index in [1.54, 1.807) is 30.0 Å². The number of carbonyl (C=O) groups is 1. The van der Waals surface area contributed by atoms with Crippen LogP contribution >= 0.6 is 0 Å². The minimum Gasteiger partial charge on any atom is -0.439 e. The Labute approximate surface area is 177 Å². The largest absolute Gasteiger partial charge is 0.439 e. The van der Waals surface area contributed by atoms with Gasteiger partial charge in [-0.25, -0.2) is 4.98 Å². The van der Waals surface area contributed by atoms with Crippen LogP contribution in [0.5, 0.6) is 0 Å². The average Bonchev–Trinajstić information content (AvgIpc) is 3.44. The molecule has 2 aromatic heterocycles. The lowest BCUT2D eigenvalue weighted by molar-refractivity contribution is -0.0118. The lowest BCUT2D eigenvalue weighted by Crippen LogP contribution is -2.53. The standard InChI is InChI=1S/C22H21N5O4/c1-13-24-20(31-26-13)14-6-2-3-7-15(14)22(28)27-10-11-29-12-17(27)19(23)21-25-16-8-4-5-9-18(16)30-21/h2-9,17,19H,10-12,23H2,1H3. The summed E-state index contributed by atoms with van der Waals surface area (Å²) in [5, 5.41) is 3.84. The third kappa shape index (κ3) is 3.58. The molecule has 3 heterocycles. The molecule has 0 radical (unpaired) electrons. The Morgan fingerprint density at radius 3 is 2.77 bits per heavy atom. The van der Waals surface area contributed by atoms with Gasteiger partial charge in [0.15, 0.2) is 11.4 Å². The van der Waals surface area contributed by atoms with E-state index in [4.69, 9.17) is 19.4 Å². The maximum absolute atomic E-state index is 13.6. The van der Waals surface area contributed by atoms with E-state index in [1.165, 1.54) is 0 Å². The number of nitrogens with zero attached hydrogens (tertiary/aromatic N) is 4. The number of carbonyl (C=O) groups excluding carboxylic acids is 1. The van der Waals surface area contributed by atoms with Crippen LogP contribution in [0, 0.1) is 6.92 Å². The topological polar surface area (TPSA) is 121 Å². The molecule has 1 aliphatic heterocycles. The van der Waals surface area contributed by atoms with Crippen molar-refractivity contribution in [3.8, 4) is 11.5 Å². The Hall–Kier alpha value is -3.56. The average molecular weight is 419 g/mol. The Morgan fingerprint density at radius 2 is 1.97 bits per heavy atom. The number of amides is 1. The van der Waals surface area contributed by atoms with Crippen molar-refractivity contribution in [3.63, 3.8) is 0 Å². The number of aromatic nitrogens is 3. The van der Waals surface area contributed by atoms with E-state index in [0.29, 0.717) is 47.5 Å². The van der Waals surface area contributed by atoms with Gasteiger partial charge in [0.1, 0.15) is 11.6 Å². The van der Waals surface area contributed by atoms with Crippen molar-refractivity contribution >= 4 is 17.0 Å². The van der Waals surface area contributed by atoms with Gasteiger partial charge in [-0.1, -0.05) is 29.4 Å². The van der Waals surface area contributed by atoms with E-state index in [-0.39, 0.29) is 12.5 Å². The predicted octanol–water partition coefficient (Wildman–Crippen LogP) is 2.73. The molecule has 0 saturated carbocycles. The molecule has 1 saturated heterocycles. The van der Waals surface area contributed by atoms with Gasteiger partial charge in [-0.3, -0.25) is 4.79 Å². The summed E-state index contributed by atoms with van der Waals surface area (Å²) in [5.74, 6) is 0.982. The molecule has 5 rings (SSSR count). The van der Waals surface area contributed by atoms with E-state index in [0.717, 1.165) is 5.52 Å². The normalized spacial score (nSPS) is 17.7. The zero-order valence-electron chi connectivity index (χ0n) is 16.9. The highest BCUT2D eigenvalue weighted by Crippen LogP contribution is 2.28. The van der Waals surface area contributed by atoms with Crippen molar-refractivity contribution in [2.75, 3.05) is 19.8 Å². The minimum atomic E-state index is -0.644. The second-order valence-corrected chi connectivity index (χ2v) is 7.38. The molecule has 4 aromatic rings. The number of nitrogens with two attached hydrogens (primary N) is 1. The Kier molecular flexibility index (Phi) is 4.97. The third-order valence-electron chi connectivity index (χ3n) is 5.35. The lowest BCUT2D eigenvalue weighted by Gasteiger charge is -2.38. The molecule has 1 aliphatic rings. The number of oxazole rings is 1. The quantitative estimate of drug-likeness (QED) is 0.536. The molecular weight excluding hydrogens is 398 g/mol. The monoisotopic (exact) mass is 419 g/mol. The maximum atomic E-state index is 13.6. The van der Waals surface area contributed by atoms with Crippen LogP contribution < -0.4 is 5.73 Å². The van der Waals surface area contributed by atoms with Crippen molar-refractivity contribution in [2.45, 2.75) is 19.0 Å². The summed E-state index contributed by atoms with van der Waals surface area (Å²) >= 11 is 0. The number of rotatable bonds is 4. The second kappa shape index (κ2) is 7.93. The van der Waals surface area contributed by atoms with Crippen LogP contribution in [-0.4, -0.2) is 51.7 Å². The molecule has 0 aliphatic carbocycles. The summed E-state index contributed by atoms with van der Waals surface area (Å²) in [5.41, 5.74) is 8.93. The number of ether oxygens (including phenoxy) is 1. The number of benzene rings is 2. The summed E-state index contributed by atoms with van der Waals surface area (Å²) in [7, 11) is 0. The van der Waals surface area contributed by atoms with Gasteiger partial charge in [-0.15, -0.1) is 0 Å². The molecule has 2 aromatic carbocycles. The van der Waals surface area contributed by atoms with E-state index in [9.17, 15) is 4.79 Å². The van der Waals surface area contributed by atoms with Crippen LogP contribution in [0.15, 0.2) is 57.5 Å². The van der Waals surface area contributed by atoms with Crippen LogP contribution in [0.2, 0.25) is 0 Å². The maximum Gasteiger partial charge on any atom is 0.258 e. The Morgan fingerprint density at radius 1 is 1.16 bits per heavy atom. The summed E-state index contributed by atoms with van der Waals surface area (Å²) < 4.78 is 16.8. The fraction of sp³-hybridized carbons (Fsp3) is 0.273. The van der Waals surface area contributed by atoms with Gasteiger partial charge in [-0.05, 0) is 31.2 Å². The first-order valence-corrected chi connectivity index (χ1v) is 10.0. The smallest absolute Gasteiger partial charge is 0.258 e. The molecule has 158 valence electrons. The minimum absolute atomic E-state index is 0.189. The summed E-state index contributed by atoms with van der Waals surface area (Å²) in [4.78, 5) is 24.1. The molecule has 2 N–H and O–H groups in total. The van der Waals surface area contributed by atoms with Gasteiger partial charge < -0.3 is 24.3 Å². The van der Waals surface area contributed by atoms with Gasteiger partial charge in [-0.2, -0.15) is 4.98 Å². The number of aryl methyl sites for hydroxylation is 1. The second-order valence-electron chi connectivity index (χ2n) is 7.38. The number of para-hydroxylation sites is 2. The van der Waals surface area contributed by atoms with Crippen molar-refractivity contribution < 1.29 is 18.5 Å². The van der Waals surface area contributed by atoms with Crippen molar-refractivity contribution in [1.29, 1.82) is 0 Å². The molecule has 9 nitrogen and oxygen atoms in total. The Balaban J connectivity index is 1.48. The fourth-order valence-corrected chi connectivity index (χ4v) is 3.79. The zero-order valence-corrected chi connectivity index (χ0v) is 16.9. The van der Waals surface area contributed by atoms with Gasteiger partial charge >= 0.3 is 0 Å². The Bertz CT molecular complexity index is 1200. The first-order chi connectivity index (χ1) is 15.1. The molecule has 0 bridgehead atoms. The molecule has 2 unspecified atom stereocenters. The van der Waals surface area contributed by atoms with Crippen LogP contribution in [0.1, 0.15) is 28.1 Å². The van der Waals surface area contributed by atoms with Crippen LogP contribution in [0.4, 0.5) is 0 Å². The first kappa shape index (κ1) is 19.4. The van der Waals surface area contributed by atoms with E-state index < -0.39 is 12.1 Å². The van der Waals surface area contributed by atoms with Crippen LogP contribution in [0.25, 0.3) is 22.6 Å². The number of hydrogen-bond acceptors (Lipinski definition) is 8. The SMILES string of the molecule is Cc1noc(-c2ccccc2C(=O)N2CCOCC2C(N)c2nc3ccccc3o2)n1. The van der Waals surface area contributed by atoms with Gasteiger partial charge in [0.2, 0.25) is 5.89 Å². The van der Waals surface area contributed by atoms with Gasteiger partial charge in [0.25, 0.3) is 11.8 Å². The van der Waals surface area contributed by atoms with Crippen molar-refractivity contribution in [1.82, 2.24) is 20.0 Å². The van der Waals surface area contributed by atoms with E-state index in [2.05, 4.69) is 15.1 Å². The fourth-order valence-electron chi connectivity index (χ4n) is 3.79. The zero-order chi connectivity index (χ0) is 21.4. The van der Waals surface area contributed by atoms with E-state index in [1.807, 2.05) is 30.3 Å². The van der Waals surface area contributed by atoms with E-state index >= 15 is 0 Å². The highest BCUT2D eigenvalue weighted by Gasteiger charge is 2.36. The predicted molar refractivity (Wildman–Crippen MR) is 111 cm³/mol. The lowest BCUT2D eigenvalue weighted by atomic mass is 10.0. The van der Waals surface area contributed by atoms with Crippen molar-refractivity contribution in [3.05, 3.63) is 65.8 Å². The number of morpholine rings is 1. The number of fused-ring (bicyclic) bond motifs is 1. The highest BCUT2D eigenvalue weighted by atomic mass is 16.5. The third-order valence-corrected chi connectivity index (χ3v) is 5.35. The van der Waals surface area contributed by atoms with Crippen LogP contribution in [0.3, 0.4) is 0 Å². The molecular formula is C22H21N5O4. The first-order valence-electron chi connectivity index (χ1n) is 10.0. The van der Waals surface area contributed by atoms with Gasteiger partial charge in [0, 0.05) is 6.54 Å². The molecule has 2 atom stereocenters. The van der Waals surface area contributed by atoms with Crippen LogP contribution in [-0.2, 0) is 4.74 Å². The highest BCUT2D eigenvalue weighted by molar-refractivity contribution is 6.00. The molecule has 0 spiro atoms. The summed E-state index contributed by atoms with van der Waals surface area (Å²) in [6.07, 6.45) is 0. The molecule has 1 amide bonds. The molecule has 31 heavy (non-hydrogen) atoms. The molecule has 1 fully saturated rings. The van der Waals surface area contributed by atoms with Crippen molar-refractivity contribution in [2.24, 2.45) is 5.73 Å². The summed E-state index contributed by atoms with van der Waals surface area (Å²) in [6.45, 7) is 2.83. The van der Waals surface area contributed by atoms with Gasteiger partial charge in [0.05, 0.1) is 30.4 Å².